The molecular weight excluding hydrogens is 316 g/mol. The second kappa shape index (κ2) is 6.70. The van der Waals surface area contributed by atoms with E-state index in [1.54, 1.807) is 0 Å². The Morgan fingerprint density at radius 1 is 0.875 bits per heavy atom. The van der Waals surface area contributed by atoms with Gasteiger partial charge in [-0.3, -0.25) is 4.79 Å². The molecule has 24 heavy (non-hydrogen) atoms. The SMILES string of the molecule is COC(=O)C(C)(C)Sc1ccccc1-c1cccc2ccccc12. The van der Waals surface area contributed by atoms with Crippen LogP contribution in [0.2, 0.25) is 0 Å². The molecule has 0 aromatic heterocycles. The summed E-state index contributed by atoms with van der Waals surface area (Å²) in [6.45, 7) is 3.78. The number of rotatable bonds is 4. The average molecular weight is 336 g/mol. The van der Waals surface area contributed by atoms with Crippen molar-refractivity contribution < 1.29 is 9.53 Å². The van der Waals surface area contributed by atoms with Crippen LogP contribution in [0.25, 0.3) is 21.9 Å². The summed E-state index contributed by atoms with van der Waals surface area (Å²) in [4.78, 5) is 13.1. The maximum absolute atomic E-state index is 12.1. The molecule has 0 aliphatic rings. The van der Waals surface area contributed by atoms with Crippen LogP contribution in [0.3, 0.4) is 0 Å². The van der Waals surface area contributed by atoms with Crippen LogP contribution < -0.4 is 0 Å². The van der Waals surface area contributed by atoms with E-state index in [1.807, 2.05) is 32.0 Å². The number of fused-ring (bicyclic) bond motifs is 1. The molecule has 3 aromatic carbocycles. The highest BCUT2D eigenvalue weighted by atomic mass is 32.2. The summed E-state index contributed by atoms with van der Waals surface area (Å²) in [6, 6.07) is 22.9. The maximum Gasteiger partial charge on any atom is 0.321 e. The first-order valence-electron chi connectivity index (χ1n) is 7.87. The van der Waals surface area contributed by atoms with Gasteiger partial charge in [0.05, 0.1) is 7.11 Å². The highest BCUT2D eigenvalue weighted by molar-refractivity contribution is 8.01. The first kappa shape index (κ1) is 16.6. The van der Waals surface area contributed by atoms with Crippen molar-refractivity contribution in [3.05, 3.63) is 66.7 Å². The quantitative estimate of drug-likeness (QED) is 0.461. The molecule has 0 amide bonds. The molecule has 3 heteroatoms. The van der Waals surface area contributed by atoms with E-state index < -0.39 is 4.75 Å². The second-order valence-corrected chi connectivity index (χ2v) is 7.79. The van der Waals surface area contributed by atoms with Crippen molar-refractivity contribution in [2.24, 2.45) is 0 Å². The third-order valence-electron chi connectivity index (χ3n) is 4.01. The lowest BCUT2D eigenvalue weighted by atomic mass is 9.98. The number of thioether (sulfide) groups is 1. The average Bonchev–Trinajstić information content (AvgIpc) is 2.60. The molecule has 0 aliphatic carbocycles. The number of hydrogen-bond donors (Lipinski definition) is 0. The van der Waals surface area contributed by atoms with Gasteiger partial charge in [0, 0.05) is 4.90 Å². The lowest BCUT2D eigenvalue weighted by Crippen LogP contribution is -2.28. The smallest absolute Gasteiger partial charge is 0.321 e. The fourth-order valence-electron chi connectivity index (χ4n) is 2.80. The van der Waals surface area contributed by atoms with Crippen molar-refractivity contribution in [1.82, 2.24) is 0 Å². The Morgan fingerprint density at radius 2 is 1.50 bits per heavy atom. The van der Waals surface area contributed by atoms with Crippen molar-refractivity contribution in [3.63, 3.8) is 0 Å². The minimum Gasteiger partial charge on any atom is -0.468 e. The molecule has 122 valence electrons. The van der Waals surface area contributed by atoms with Gasteiger partial charge in [-0.05, 0) is 41.8 Å². The standard InChI is InChI=1S/C21H20O2S/c1-21(2,20(22)23-3)24-19-14-7-6-12-18(19)17-13-8-10-15-9-4-5-11-16(15)17/h4-14H,1-3H3. The van der Waals surface area contributed by atoms with Crippen LogP contribution in [0.5, 0.6) is 0 Å². The fourth-order valence-corrected chi connectivity index (χ4v) is 3.95. The Hall–Kier alpha value is -2.26. The minimum absolute atomic E-state index is 0.222. The van der Waals surface area contributed by atoms with Gasteiger partial charge in [-0.1, -0.05) is 60.7 Å². The van der Waals surface area contributed by atoms with Crippen LogP contribution in [0.1, 0.15) is 13.8 Å². The molecule has 0 atom stereocenters. The maximum atomic E-state index is 12.1. The summed E-state index contributed by atoms with van der Waals surface area (Å²) in [5.74, 6) is -0.222. The van der Waals surface area contributed by atoms with Crippen LogP contribution >= 0.6 is 11.8 Å². The van der Waals surface area contributed by atoms with Crippen molar-refractivity contribution in [2.45, 2.75) is 23.5 Å². The highest BCUT2D eigenvalue weighted by Crippen LogP contribution is 2.41. The number of carbonyl (C=O) groups excluding carboxylic acids is 1. The molecule has 0 radical (unpaired) electrons. The predicted octanol–water partition coefficient (Wildman–Crippen LogP) is 5.55. The van der Waals surface area contributed by atoms with Gasteiger partial charge in [-0.15, -0.1) is 11.8 Å². The number of esters is 1. The monoisotopic (exact) mass is 336 g/mol. The Morgan fingerprint density at radius 3 is 2.29 bits per heavy atom. The molecule has 0 fully saturated rings. The normalized spacial score (nSPS) is 11.5. The predicted molar refractivity (Wildman–Crippen MR) is 101 cm³/mol. The number of methoxy groups -OCH3 is 1. The van der Waals surface area contributed by atoms with E-state index in [2.05, 4.69) is 48.5 Å². The number of carbonyl (C=O) groups is 1. The van der Waals surface area contributed by atoms with Gasteiger partial charge in [0.2, 0.25) is 0 Å². The molecule has 2 nitrogen and oxygen atoms in total. The first-order valence-corrected chi connectivity index (χ1v) is 8.69. The summed E-state index contributed by atoms with van der Waals surface area (Å²) in [5.41, 5.74) is 2.31. The summed E-state index contributed by atoms with van der Waals surface area (Å²) < 4.78 is 4.30. The number of ether oxygens (including phenoxy) is 1. The van der Waals surface area contributed by atoms with Gasteiger partial charge >= 0.3 is 5.97 Å². The topological polar surface area (TPSA) is 26.3 Å². The highest BCUT2D eigenvalue weighted by Gasteiger charge is 2.31. The Kier molecular flexibility index (Phi) is 4.63. The Bertz CT molecular complexity index is 878. The summed E-state index contributed by atoms with van der Waals surface area (Å²) in [5, 5.41) is 2.42. The van der Waals surface area contributed by atoms with Gasteiger partial charge in [-0.25, -0.2) is 0 Å². The van der Waals surface area contributed by atoms with E-state index in [9.17, 15) is 4.79 Å². The summed E-state index contributed by atoms with van der Waals surface area (Å²) in [7, 11) is 1.43. The van der Waals surface area contributed by atoms with Crippen LogP contribution in [0, 0.1) is 0 Å². The Labute approximate surface area is 146 Å². The van der Waals surface area contributed by atoms with Gasteiger partial charge in [-0.2, -0.15) is 0 Å². The molecule has 0 saturated heterocycles. The lowest BCUT2D eigenvalue weighted by Gasteiger charge is -2.22. The van der Waals surface area contributed by atoms with Crippen molar-refractivity contribution in [3.8, 4) is 11.1 Å². The Balaban J connectivity index is 2.11. The molecule has 0 saturated carbocycles. The lowest BCUT2D eigenvalue weighted by molar-refractivity contribution is -0.142. The molecule has 0 unspecified atom stereocenters. The molecule has 3 aromatic rings. The van der Waals surface area contributed by atoms with Crippen LogP contribution in [0.4, 0.5) is 0 Å². The zero-order valence-electron chi connectivity index (χ0n) is 14.1. The van der Waals surface area contributed by atoms with Crippen LogP contribution in [0.15, 0.2) is 71.6 Å². The summed E-state index contributed by atoms with van der Waals surface area (Å²) >= 11 is 1.53. The minimum atomic E-state index is -0.643. The molecule has 0 bridgehead atoms. The van der Waals surface area contributed by atoms with E-state index in [0.717, 1.165) is 10.5 Å². The largest absolute Gasteiger partial charge is 0.468 e. The van der Waals surface area contributed by atoms with Gasteiger partial charge in [0.25, 0.3) is 0 Å². The zero-order valence-corrected chi connectivity index (χ0v) is 14.9. The molecule has 0 N–H and O–H groups in total. The van der Waals surface area contributed by atoms with E-state index in [0.29, 0.717) is 0 Å². The molecular formula is C21H20O2S. The summed E-state index contributed by atoms with van der Waals surface area (Å²) in [6.07, 6.45) is 0. The molecule has 0 spiro atoms. The van der Waals surface area contributed by atoms with Crippen molar-refractivity contribution in [1.29, 1.82) is 0 Å². The molecule has 0 aliphatic heterocycles. The molecule has 3 rings (SSSR count). The number of benzene rings is 3. The van der Waals surface area contributed by atoms with Gasteiger partial charge < -0.3 is 4.74 Å². The second-order valence-electron chi connectivity index (χ2n) is 6.13. The van der Waals surface area contributed by atoms with Crippen molar-refractivity contribution >= 4 is 28.5 Å². The fraction of sp³-hybridized carbons (Fsp3) is 0.190. The van der Waals surface area contributed by atoms with Gasteiger partial charge in [0.15, 0.2) is 0 Å². The van der Waals surface area contributed by atoms with E-state index >= 15 is 0 Å². The molecule has 0 heterocycles. The van der Waals surface area contributed by atoms with Gasteiger partial charge in [0.1, 0.15) is 4.75 Å². The third kappa shape index (κ3) is 3.17. The van der Waals surface area contributed by atoms with E-state index in [-0.39, 0.29) is 5.97 Å². The first-order chi connectivity index (χ1) is 11.5. The van der Waals surface area contributed by atoms with Crippen molar-refractivity contribution in [2.75, 3.05) is 7.11 Å². The third-order valence-corrected chi connectivity index (χ3v) is 5.26. The number of hydrogen-bond acceptors (Lipinski definition) is 3. The zero-order chi connectivity index (χ0) is 17.2. The van der Waals surface area contributed by atoms with Crippen LogP contribution in [-0.4, -0.2) is 17.8 Å². The van der Waals surface area contributed by atoms with E-state index in [1.165, 1.54) is 35.2 Å². The van der Waals surface area contributed by atoms with Crippen LogP contribution in [-0.2, 0) is 9.53 Å². The van der Waals surface area contributed by atoms with E-state index in [4.69, 9.17) is 4.74 Å².